The third-order valence-corrected chi connectivity index (χ3v) is 4.51. The van der Waals surface area contributed by atoms with Crippen LogP contribution in [0.4, 0.5) is 5.69 Å². The maximum atomic E-state index is 4.63. The number of rotatable bonds is 3. The van der Waals surface area contributed by atoms with Gasteiger partial charge in [0.1, 0.15) is 0 Å². The molecule has 1 aromatic heterocycles. The Morgan fingerprint density at radius 3 is 2.25 bits per heavy atom. The Kier molecular flexibility index (Phi) is 5.97. The molecule has 1 atom stereocenters. The van der Waals surface area contributed by atoms with Crippen LogP contribution >= 0.6 is 0 Å². The van der Waals surface area contributed by atoms with Crippen LogP contribution in [-0.4, -0.2) is 4.98 Å². The number of hydrogen-bond acceptors (Lipinski definition) is 2. The Balaban J connectivity index is 0.00000100. The molecule has 0 radical (unpaired) electrons. The van der Waals surface area contributed by atoms with E-state index in [0.29, 0.717) is 0 Å². The van der Waals surface area contributed by atoms with E-state index in [0.717, 1.165) is 11.2 Å². The minimum Gasteiger partial charge on any atom is -0.377 e. The molecule has 1 heterocycles. The Morgan fingerprint density at radius 1 is 0.917 bits per heavy atom. The van der Waals surface area contributed by atoms with Gasteiger partial charge >= 0.3 is 0 Å². The van der Waals surface area contributed by atoms with Gasteiger partial charge in [-0.2, -0.15) is 0 Å². The summed E-state index contributed by atoms with van der Waals surface area (Å²) in [5.41, 5.74) is 7.38. The molecule has 0 amide bonds. The number of aryl methyl sites for hydroxylation is 2. The standard InChI is InChI=1S/C20H22N2.C2H6/c1-13-10-20-19(15(3)14(13)2)11-18(12-21-20)22-16(4)17-8-6-5-7-9-17;1-2/h5-12,16,22H,1-4H3;1-2H3. The predicted molar refractivity (Wildman–Crippen MR) is 106 cm³/mol. The van der Waals surface area contributed by atoms with Gasteiger partial charge < -0.3 is 5.32 Å². The van der Waals surface area contributed by atoms with Crippen molar-refractivity contribution in [3.8, 4) is 0 Å². The number of hydrogen-bond donors (Lipinski definition) is 1. The van der Waals surface area contributed by atoms with E-state index in [4.69, 9.17) is 0 Å². The van der Waals surface area contributed by atoms with E-state index < -0.39 is 0 Å². The average molecular weight is 320 g/mol. The summed E-state index contributed by atoms with van der Waals surface area (Å²) in [5, 5.41) is 4.78. The molecular formula is C22H28N2. The lowest BCUT2D eigenvalue weighted by atomic mass is 9.99. The molecule has 0 saturated heterocycles. The molecule has 0 fully saturated rings. The highest BCUT2D eigenvalue weighted by Crippen LogP contribution is 2.27. The van der Waals surface area contributed by atoms with Gasteiger partial charge in [0.2, 0.25) is 0 Å². The number of nitrogens with zero attached hydrogens (tertiary/aromatic N) is 1. The Morgan fingerprint density at radius 2 is 1.58 bits per heavy atom. The quantitative estimate of drug-likeness (QED) is 0.607. The summed E-state index contributed by atoms with van der Waals surface area (Å²) in [4.78, 5) is 4.63. The first kappa shape index (κ1) is 18.0. The highest BCUT2D eigenvalue weighted by Gasteiger charge is 2.08. The van der Waals surface area contributed by atoms with E-state index in [1.165, 1.54) is 27.6 Å². The summed E-state index contributed by atoms with van der Waals surface area (Å²) in [6, 6.07) is 15.1. The normalized spacial score (nSPS) is 11.6. The molecule has 0 saturated carbocycles. The molecule has 24 heavy (non-hydrogen) atoms. The van der Waals surface area contributed by atoms with Crippen molar-refractivity contribution in [1.29, 1.82) is 0 Å². The second kappa shape index (κ2) is 7.96. The largest absolute Gasteiger partial charge is 0.377 e. The van der Waals surface area contributed by atoms with Crippen LogP contribution in [-0.2, 0) is 0 Å². The lowest BCUT2D eigenvalue weighted by Crippen LogP contribution is -2.06. The topological polar surface area (TPSA) is 24.9 Å². The smallest absolute Gasteiger partial charge is 0.0709 e. The summed E-state index contributed by atoms with van der Waals surface area (Å²) in [7, 11) is 0. The first-order valence-corrected chi connectivity index (χ1v) is 8.74. The van der Waals surface area contributed by atoms with Gasteiger partial charge in [-0.1, -0.05) is 44.2 Å². The molecule has 3 aromatic rings. The molecule has 0 aliphatic rings. The fourth-order valence-electron chi connectivity index (χ4n) is 2.86. The third-order valence-electron chi connectivity index (χ3n) is 4.51. The summed E-state index contributed by atoms with van der Waals surface area (Å²) < 4.78 is 0. The van der Waals surface area contributed by atoms with Crippen molar-refractivity contribution in [2.24, 2.45) is 0 Å². The fraction of sp³-hybridized carbons (Fsp3) is 0.318. The maximum Gasteiger partial charge on any atom is 0.0709 e. The van der Waals surface area contributed by atoms with Crippen LogP contribution in [0, 0.1) is 20.8 Å². The zero-order valence-electron chi connectivity index (χ0n) is 15.6. The first-order valence-electron chi connectivity index (χ1n) is 8.74. The molecular weight excluding hydrogens is 292 g/mol. The monoisotopic (exact) mass is 320 g/mol. The minimum atomic E-state index is 0.257. The lowest BCUT2D eigenvalue weighted by molar-refractivity contribution is 0.884. The molecule has 2 nitrogen and oxygen atoms in total. The zero-order chi connectivity index (χ0) is 17.7. The summed E-state index contributed by atoms with van der Waals surface area (Å²) >= 11 is 0. The van der Waals surface area contributed by atoms with Crippen molar-refractivity contribution in [3.63, 3.8) is 0 Å². The summed E-state index contributed by atoms with van der Waals surface area (Å²) in [6.07, 6.45) is 1.93. The van der Waals surface area contributed by atoms with Crippen LogP contribution < -0.4 is 5.32 Å². The van der Waals surface area contributed by atoms with E-state index in [1.807, 2.05) is 26.1 Å². The van der Waals surface area contributed by atoms with Gasteiger partial charge in [0.15, 0.2) is 0 Å². The highest BCUT2D eigenvalue weighted by atomic mass is 14.9. The molecule has 0 spiro atoms. The van der Waals surface area contributed by atoms with Crippen LogP contribution in [0.25, 0.3) is 10.9 Å². The van der Waals surface area contributed by atoms with E-state index >= 15 is 0 Å². The Bertz CT molecular complexity index is 807. The zero-order valence-corrected chi connectivity index (χ0v) is 15.6. The van der Waals surface area contributed by atoms with Crippen molar-refractivity contribution < 1.29 is 0 Å². The third kappa shape index (κ3) is 3.76. The van der Waals surface area contributed by atoms with Crippen molar-refractivity contribution in [2.45, 2.75) is 47.6 Å². The Labute approximate surface area is 146 Å². The van der Waals surface area contributed by atoms with E-state index in [1.54, 1.807) is 0 Å². The molecule has 1 N–H and O–H groups in total. The van der Waals surface area contributed by atoms with Crippen LogP contribution in [0.3, 0.4) is 0 Å². The number of anilines is 1. The number of aromatic nitrogens is 1. The van der Waals surface area contributed by atoms with Gasteiger partial charge in [-0.15, -0.1) is 0 Å². The van der Waals surface area contributed by atoms with Crippen molar-refractivity contribution in [1.82, 2.24) is 4.98 Å². The lowest BCUT2D eigenvalue weighted by Gasteiger charge is -2.17. The second-order valence-electron chi connectivity index (χ2n) is 6.01. The fourth-order valence-corrected chi connectivity index (χ4v) is 2.86. The summed E-state index contributed by atoms with van der Waals surface area (Å²) in [5.74, 6) is 0. The van der Waals surface area contributed by atoms with Crippen LogP contribution in [0.1, 0.15) is 49.1 Å². The van der Waals surface area contributed by atoms with E-state index in [2.05, 4.69) is 74.4 Å². The Hall–Kier alpha value is -2.35. The minimum absolute atomic E-state index is 0.257. The summed E-state index contributed by atoms with van der Waals surface area (Å²) in [6.45, 7) is 12.7. The van der Waals surface area contributed by atoms with Gasteiger partial charge in [-0.25, -0.2) is 0 Å². The van der Waals surface area contributed by atoms with Gasteiger partial charge in [-0.3, -0.25) is 4.98 Å². The molecule has 1 unspecified atom stereocenters. The van der Waals surface area contributed by atoms with Crippen molar-refractivity contribution in [2.75, 3.05) is 5.32 Å². The van der Waals surface area contributed by atoms with E-state index in [9.17, 15) is 0 Å². The van der Waals surface area contributed by atoms with Gasteiger partial charge in [0.25, 0.3) is 0 Å². The van der Waals surface area contributed by atoms with Gasteiger partial charge in [0.05, 0.1) is 17.4 Å². The van der Waals surface area contributed by atoms with Crippen LogP contribution in [0.5, 0.6) is 0 Å². The number of pyridine rings is 1. The number of nitrogens with one attached hydrogen (secondary N) is 1. The molecule has 2 heteroatoms. The molecule has 3 rings (SSSR count). The molecule has 0 bridgehead atoms. The average Bonchev–Trinajstić information content (AvgIpc) is 2.63. The maximum absolute atomic E-state index is 4.63. The van der Waals surface area contributed by atoms with Crippen LogP contribution in [0.2, 0.25) is 0 Å². The predicted octanol–water partition coefficient (Wildman–Crippen LogP) is 6.36. The molecule has 126 valence electrons. The van der Waals surface area contributed by atoms with Gasteiger partial charge in [-0.05, 0) is 62.1 Å². The first-order chi connectivity index (χ1) is 11.6. The second-order valence-corrected chi connectivity index (χ2v) is 6.01. The van der Waals surface area contributed by atoms with E-state index in [-0.39, 0.29) is 6.04 Å². The van der Waals surface area contributed by atoms with Crippen molar-refractivity contribution in [3.05, 3.63) is 70.9 Å². The number of fused-ring (bicyclic) bond motifs is 1. The number of benzene rings is 2. The SMILES string of the molecule is CC.Cc1cc2ncc(NC(C)c3ccccc3)cc2c(C)c1C. The molecule has 0 aliphatic heterocycles. The molecule has 2 aromatic carbocycles. The van der Waals surface area contributed by atoms with Gasteiger partial charge in [0, 0.05) is 11.4 Å². The highest BCUT2D eigenvalue weighted by molar-refractivity contribution is 5.86. The molecule has 0 aliphatic carbocycles. The van der Waals surface area contributed by atoms with Crippen molar-refractivity contribution >= 4 is 16.6 Å². The van der Waals surface area contributed by atoms with Crippen LogP contribution in [0.15, 0.2) is 48.7 Å².